The van der Waals surface area contributed by atoms with Crippen LogP contribution in [0.15, 0.2) is 36.7 Å². The lowest BCUT2D eigenvalue weighted by Gasteiger charge is -2.28. The summed E-state index contributed by atoms with van der Waals surface area (Å²) in [5.41, 5.74) is 7.04. The van der Waals surface area contributed by atoms with Crippen LogP contribution in [-0.2, 0) is 19.5 Å². The zero-order valence-corrected chi connectivity index (χ0v) is 12.9. The van der Waals surface area contributed by atoms with Crippen molar-refractivity contribution < 1.29 is 4.79 Å². The molecule has 5 nitrogen and oxygen atoms in total. The van der Waals surface area contributed by atoms with E-state index in [0.717, 1.165) is 31.6 Å². The standard InChI is InChI=1S/C17H22N4O/c1-20(10-13-3-2-4-15(9-13)17(18)22)11-14-5-6-16-19-7-8-21(16)12-14/h2-4,7-9,14H,5-6,10-12H2,1H3,(H2,18,22)/t14-/m0/s1. The second-order valence-corrected chi connectivity index (χ2v) is 6.16. The highest BCUT2D eigenvalue weighted by atomic mass is 16.1. The van der Waals surface area contributed by atoms with Gasteiger partial charge in [-0.25, -0.2) is 4.98 Å². The number of aryl methyl sites for hydroxylation is 1. The first-order chi connectivity index (χ1) is 10.6. The average molecular weight is 298 g/mol. The third-order valence-corrected chi connectivity index (χ3v) is 4.27. The molecule has 0 fully saturated rings. The van der Waals surface area contributed by atoms with Gasteiger partial charge in [-0.1, -0.05) is 12.1 Å². The molecule has 0 spiro atoms. The van der Waals surface area contributed by atoms with Crippen molar-refractivity contribution in [3.05, 3.63) is 53.6 Å². The second kappa shape index (κ2) is 6.32. The zero-order chi connectivity index (χ0) is 15.5. The molecule has 1 aliphatic rings. The smallest absolute Gasteiger partial charge is 0.248 e. The van der Waals surface area contributed by atoms with E-state index in [0.29, 0.717) is 11.5 Å². The van der Waals surface area contributed by atoms with E-state index in [4.69, 9.17) is 5.73 Å². The van der Waals surface area contributed by atoms with Crippen molar-refractivity contribution in [2.24, 2.45) is 11.7 Å². The van der Waals surface area contributed by atoms with Gasteiger partial charge in [-0.2, -0.15) is 0 Å². The molecule has 1 aromatic heterocycles. The molecule has 2 N–H and O–H groups in total. The second-order valence-electron chi connectivity index (χ2n) is 6.16. The summed E-state index contributed by atoms with van der Waals surface area (Å²) in [7, 11) is 2.13. The van der Waals surface area contributed by atoms with Crippen LogP contribution < -0.4 is 5.73 Å². The Morgan fingerprint density at radius 1 is 1.50 bits per heavy atom. The quantitative estimate of drug-likeness (QED) is 0.913. The number of carbonyl (C=O) groups excluding carboxylic acids is 1. The van der Waals surface area contributed by atoms with Crippen LogP contribution in [0.3, 0.4) is 0 Å². The van der Waals surface area contributed by atoms with Crippen molar-refractivity contribution in [1.82, 2.24) is 14.5 Å². The number of rotatable bonds is 5. The third kappa shape index (κ3) is 3.36. The monoisotopic (exact) mass is 298 g/mol. The molecule has 0 unspecified atom stereocenters. The Bertz CT molecular complexity index is 664. The number of fused-ring (bicyclic) bond motifs is 1. The number of nitrogens with two attached hydrogens (primary N) is 1. The minimum Gasteiger partial charge on any atom is -0.366 e. The van der Waals surface area contributed by atoms with Crippen LogP contribution >= 0.6 is 0 Å². The Kier molecular flexibility index (Phi) is 4.24. The summed E-state index contributed by atoms with van der Waals surface area (Å²) in [4.78, 5) is 17.9. The van der Waals surface area contributed by atoms with Gasteiger partial charge in [0.15, 0.2) is 0 Å². The van der Waals surface area contributed by atoms with Gasteiger partial charge < -0.3 is 15.2 Å². The van der Waals surface area contributed by atoms with Gasteiger partial charge in [0.05, 0.1) is 0 Å². The van der Waals surface area contributed by atoms with E-state index in [1.807, 2.05) is 24.4 Å². The van der Waals surface area contributed by atoms with Crippen LogP contribution in [-0.4, -0.2) is 34.0 Å². The topological polar surface area (TPSA) is 64.2 Å². The molecule has 0 radical (unpaired) electrons. The SMILES string of the molecule is CN(Cc1cccc(C(N)=O)c1)C[C@@H]1CCc2nccn2C1. The van der Waals surface area contributed by atoms with Gasteiger partial charge in [0.2, 0.25) is 5.91 Å². The van der Waals surface area contributed by atoms with Crippen LogP contribution in [0.25, 0.3) is 0 Å². The molecule has 1 atom stereocenters. The van der Waals surface area contributed by atoms with Crippen molar-refractivity contribution in [2.75, 3.05) is 13.6 Å². The predicted octanol–water partition coefficient (Wildman–Crippen LogP) is 1.68. The fourth-order valence-electron chi connectivity index (χ4n) is 3.23. The average Bonchev–Trinajstić information content (AvgIpc) is 2.95. The lowest BCUT2D eigenvalue weighted by Crippen LogP contribution is -2.31. The molecule has 3 rings (SSSR count). The number of carbonyl (C=O) groups is 1. The van der Waals surface area contributed by atoms with Gasteiger partial charge in [-0.15, -0.1) is 0 Å². The summed E-state index contributed by atoms with van der Waals surface area (Å²) in [5, 5.41) is 0. The van der Waals surface area contributed by atoms with Gasteiger partial charge >= 0.3 is 0 Å². The molecule has 0 aliphatic carbocycles. The van der Waals surface area contributed by atoms with Crippen LogP contribution in [0, 0.1) is 5.92 Å². The Morgan fingerprint density at radius 2 is 2.36 bits per heavy atom. The molecule has 22 heavy (non-hydrogen) atoms. The first kappa shape index (κ1) is 14.8. The lowest BCUT2D eigenvalue weighted by atomic mass is 9.98. The van der Waals surface area contributed by atoms with Gasteiger partial charge in [0.25, 0.3) is 0 Å². The van der Waals surface area contributed by atoms with Gasteiger partial charge in [0, 0.05) is 44.0 Å². The van der Waals surface area contributed by atoms with Crippen molar-refractivity contribution >= 4 is 5.91 Å². The first-order valence-electron chi connectivity index (χ1n) is 7.69. The molecule has 0 saturated carbocycles. The number of benzene rings is 1. The zero-order valence-electron chi connectivity index (χ0n) is 12.9. The summed E-state index contributed by atoms with van der Waals surface area (Å²) >= 11 is 0. The third-order valence-electron chi connectivity index (χ3n) is 4.27. The van der Waals surface area contributed by atoms with E-state index < -0.39 is 0 Å². The maximum atomic E-state index is 11.2. The maximum Gasteiger partial charge on any atom is 0.248 e. The van der Waals surface area contributed by atoms with Crippen molar-refractivity contribution in [2.45, 2.75) is 25.9 Å². The van der Waals surface area contributed by atoms with Crippen LogP contribution in [0.4, 0.5) is 0 Å². The molecule has 1 amide bonds. The number of primary amides is 1. The number of amides is 1. The summed E-state index contributed by atoms with van der Waals surface area (Å²) < 4.78 is 2.26. The van der Waals surface area contributed by atoms with Crippen LogP contribution in [0.1, 0.15) is 28.2 Å². The van der Waals surface area contributed by atoms with E-state index >= 15 is 0 Å². The van der Waals surface area contributed by atoms with Crippen molar-refractivity contribution in [3.63, 3.8) is 0 Å². The molecule has 1 aromatic carbocycles. The molecular formula is C17H22N4O. The highest BCUT2D eigenvalue weighted by molar-refractivity contribution is 5.92. The first-order valence-corrected chi connectivity index (χ1v) is 7.69. The van der Waals surface area contributed by atoms with E-state index in [9.17, 15) is 4.79 Å². The number of imidazole rings is 1. The minimum atomic E-state index is -0.371. The molecule has 0 bridgehead atoms. The van der Waals surface area contributed by atoms with Crippen molar-refractivity contribution in [1.29, 1.82) is 0 Å². The molecular weight excluding hydrogens is 276 g/mol. The molecule has 116 valence electrons. The van der Waals surface area contributed by atoms with Crippen LogP contribution in [0.2, 0.25) is 0 Å². The Morgan fingerprint density at radius 3 is 3.18 bits per heavy atom. The number of aromatic nitrogens is 2. The Labute approximate surface area is 130 Å². The summed E-state index contributed by atoms with van der Waals surface area (Å²) in [5.74, 6) is 1.48. The number of hydrogen-bond donors (Lipinski definition) is 1. The normalized spacial score (nSPS) is 17.5. The van der Waals surface area contributed by atoms with E-state index in [-0.39, 0.29) is 5.91 Å². The highest BCUT2D eigenvalue weighted by Crippen LogP contribution is 2.20. The minimum absolute atomic E-state index is 0.371. The van der Waals surface area contributed by atoms with E-state index in [1.54, 1.807) is 6.07 Å². The fraction of sp³-hybridized carbons (Fsp3) is 0.412. The number of hydrogen-bond acceptors (Lipinski definition) is 3. The molecule has 1 aliphatic heterocycles. The maximum absolute atomic E-state index is 11.2. The fourth-order valence-corrected chi connectivity index (χ4v) is 3.23. The van der Waals surface area contributed by atoms with Gasteiger partial charge in [-0.05, 0) is 37.1 Å². The lowest BCUT2D eigenvalue weighted by molar-refractivity contribution is 0.1000. The van der Waals surface area contributed by atoms with Crippen LogP contribution in [0.5, 0.6) is 0 Å². The largest absolute Gasteiger partial charge is 0.366 e. The molecule has 5 heteroatoms. The molecule has 2 heterocycles. The molecule has 2 aromatic rings. The van der Waals surface area contributed by atoms with E-state index in [2.05, 4.69) is 27.7 Å². The Balaban J connectivity index is 1.58. The van der Waals surface area contributed by atoms with E-state index in [1.165, 1.54) is 12.2 Å². The molecule has 0 saturated heterocycles. The Hall–Kier alpha value is -2.14. The highest BCUT2D eigenvalue weighted by Gasteiger charge is 2.20. The summed E-state index contributed by atoms with van der Waals surface area (Å²) in [6.45, 7) is 2.91. The van der Waals surface area contributed by atoms with Crippen molar-refractivity contribution in [3.8, 4) is 0 Å². The van der Waals surface area contributed by atoms with Gasteiger partial charge in [-0.3, -0.25) is 4.79 Å². The number of nitrogens with zero attached hydrogens (tertiary/aromatic N) is 3. The summed E-state index contributed by atoms with van der Waals surface area (Å²) in [6, 6.07) is 7.57. The predicted molar refractivity (Wildman–Crippen MR) is 85.3 cm³/mol. The summed E-state index contributed by atoms with van der Waals surface area (Å²) in [6.07, 6.45) is 6.19. The van der Waals surface area contributed by atoms with Gasteiger partial charge in [0.1, 0.15) is 5.82 Å².